The topological polar surface area (TPSA) is 35.5 Å². The van der Waals surface area contributed by atoms with Gasteiger partial charge in [-0.2, -0.15) is 0 Å². The second-order valence-corrected chi connectivity index (χ2v) is 4.66. The Hall–Kier alpha value is -0.970. The van der Waals surface area contributed by atoms with Crippen LogP contribution in [0.2, 0.25) is 0 Å². The number of nitrogens with zero attached hydrogens (tertiary/aromatic N) is 1. The fourth-order valence-electron chi connectivity index (χ4n) is 2.16. The van der Waals surface area contributed by atoms with Crippen LogP contribution < -0.4 is 5.32 Å². The van der Waals surface area contributed by atoms with Gasteiger partial charge in [0, 0.05) is 32.2 Å². The molecule has 0 amide bonds. The zero-order valence-corrected chi connectivity index (χ0v) is 10.1. The molecule has 0 aliphatic carbocycles. The lowest BCUT2D eigenvalue weighted by atomic mass is 10.1. The lowest BCUT2D eigenvalue weighted by Gasteiger charge is -2.35. The Morgan fingerprint density at radius 2 is 2.18 bits per heavy atom. The summed E-state index contributed by atoms with van der Waals surface area (Å²) in [5, 5.41) is 12.9. The Morgan fingerprint density at radius 3 is 2.82 bits per heavy atom. The molecule has 1 aromatic carbocycles. The first-order chi connectivity index (χ1) is 8.15. The highest BCUT2D eigenvalue weighted by Gasteiger charge is 2.22. The van der Waals surface area contributed by atoms with Gasteiger partial charge in [-0.05, 0) is 24.6 Å². The Balaban J connectivity index is 1.92. The quantitative estimate of drug-likeness (QED) is 0.824. The summed E-state index contributed by atoms with van der Waals surface area (Å²) >= 11 is 0. The molecule has 1 aliphatic heterocycles. The molecule has 0 aromatic heterocycles. The number of piperazine rings is 1. The molecule has 4 heteroatoms. The summed E-state index contributed by atoms with van der Waals surface area (Å²) in [6.07, 6.45) is -0.342. The summed E-state index contributed by atoms with van der Waals surface area (Å²) in [6, 6.07) is 6.74. The van der Waals surface area contributed by atoms with Crippen LogP contribution in [0.25, 0.3) is 0 Å². The minimum atomic E-state index is -0.342. The van der Waals surface area contributed by atoms with Crippen LogP contribution in [-0.4, -0.2) is 41.8 Å². The first kappa shape index (κ1) is 12.5. The summed E-state index contributed by atoms with van der Waals surface area (Å²) in [6.45, 7) is 5.29. The average molecular weight is 238 g/mol. The molecular weight excluding hydrogens is 219 g/mol. The van der Waals surface area contributed by atoms with E-state index in [0.717, 1.165) is 31.7 Å². The number of aliphatic hydroxyl groups excluding tert-OH is 1. The third-order valence-corrected chi connectivity index (χ3v) is 3.19. The van der Waals surface area contributed by atoms with E-state index in [1.165, 1.54) is 12.1 Å². The molecular formula is C13H19FN2O. The van der Waals surface area contributed by atoms with E-state index in [-0.39, 0.29) is 18.0 Å². The fourth-order valence-corrected chi connectivity index (χ4v) is 2.16. The van der Waals surface area contributed by atoms with Gasteiger partial charge in [0.2, 0.25) is 0 Å². The summed E-state index contributed by atoms with van der Waals surface area (Å²) in [7, 11) is 0. The summed E-state index contributed by atoms with van der Waals surface area (Å²) in [5.41, 5.74) is 1.11. The van der Waals surface area contributed by atoms with Crippen molar-refractivity contribution in [2.24, 2.45) is 0 Å². The van der Waals surface area contributed by atoms with Crippen molar-refractivity contribution >= 4 is 0 Å². The zero-order chi connectivity index (χ0) is 12.3. The standard InChI is InChI=1S/C13H19FN2O/c1-10(17)13-9-16(7-6-15-13)8-11-2-4-12(14)5-3-11/h2-5,10,13,15,17H,6-9H2,1H3/t10-,13?/m0/s1. The number of hydrogen-bond acceptors (Lipinski definition) is 3. The van der Waals surface area contributed by atoms with Crippen LogP contribution in [0.3, 0.4) is 0 Å². The highest BCUT2D eigenvalue weighted by Crippen LogP contribution is 2.10. The molecule has 0 spiro atoms. The van der Waals surface area contributed by atoms with Crippen molar-refractivity contribution in [2.75, 3.05) is 19.6 Å². The monoisotopic (exact) mass is 238 g/mol. The molecule has 2 atom stereocenters. The van der Waals surface area contributed by atoms with Gasteiger partial charge in [-0.15, -0.1) is 0 Å². The third kappa shape index (κ3) is 3.49. The molecule has 2 rings (SSSR count). The fraction of sp³-hybridized carbons (Fsp3) is 0.538. The van der Waals surface area contributed by atoms with Crippen LogP contribution in [0.15, 0.2) is 24.3 Å². The molecule has 3 nitrogen and oxygen atoms in total. The number of nitrogens with one attached hydrogen (secondary N) is 1. The molecule has 1 aromatic rings. The van der Waals surface area contributed by atoms with Crippen molar-refractivity contribution < 1.29 is 9.50 Å². The van der Waals surface area contributed by atoms with Crippen LogP contribution in [0, 0.1) is 5.82 Å². The van der Waals surface area contributed by atoms with Crippen molar-refractivity contribution in [2.45, 2.75) is 25.6 Å². The van der Waals surface area contributed by atoms with Gasteiger partial charge in [-0.25, -0.2) is 4.39 Å². The van der Waals surface area contributed by atoms with Crippen LogP contribution in [0.5, 0.6) is 0 Å². The first-order valence-corrected chi connectivity index (χ1v) is 6.03. The van der Waals surface area contributed by atoms with Gasteiger partial charge in [-0.1, -0.05) is 12.1 Å². The SMILES string of the molecule is C[C@H](O)C1CN(Cc2ccc(F)cc2)CCN1. The number of hydrogen-bond donors (Lipinski definition) is 2. The van der Waals surface area contributed by atoms with Crippen molar-refractivity contribution in [3.63, 3.8) is 0 Å². The predicted molar refractivity (Wildman–Crippen MR) is 65.1 cm³/mol. The lowest BCUT2D eigenvalue weighted by Crippen LogP contribution is -2.54. The zero-order valence-electron chi connectivity index (χ0n) is 10.1. The first-order valence-electron chi connectivity index (χ1n) is 6.03. The van der Waals surface area contributed by atoms with Gasteiger partial charge in [0.25, 0.3) is 0 Å². The van der Waals surface area contributed by atoms with E-state index in [9.17, 15) is 9.50 Å². The smallest absolute Gasteiger partial charge is 0.123 e. The van der Waals surface area contributed by atoms with Crippen LogP contribution >= 0.6 is 0 Å². The lowest BCUT2D eigenvalue weighted by molar-refractivity contribution is 0.0887. The van der Waals surface area contributed by atoms with Crippen molar-refractivity contribution in [1.29, 1.82) is 0 Å². The van der Waals surface area contributed by atoms with Gasteiger partial charge in [0.15, 0.2) is 0 Å². The van der Waals surface area contributed by atoms with Crippen LogP contribution in [-0.2, 0) is 6.54 Å². The Labute approximate surface area is 101 Å². The van der Waals surface area contributed by atoms with E-state index in [2.05, 4.69) is 10.2 Å². The number of benzene rings is 1. The van der Waals surface area contributed by atoms with Gasteiger partial charge >= 0.3 is 0 Å². The van der Waals surface area contributed by atoms with E-state index in [0.29, 0.717) is 0 Å². The van der Waals surface area contributed by atoms with Gasteiger partial charge in [0.1, 0.15) is 5.82 Å². The van der Waals surface area contributed by atoms with Crippen molar-refractivity contribution in [1.82, 2.24) is 10.2 Å². The highest BCUT2D eigenvalue weighted by atomic mass is 19.1. The van der Waals surface area contributed by atoms with E-state index in [4.69, 9.17) is 0 Å². The molecule has 2 N–H and O–H groups in total. The van der Waals surface area contributed by atoms with Gasteiger partial charge in [-0.3, -0.25) is 4.90 Å². The molecule has 94 valence electrons. The second-order valence-electron chi connectivity index (χ2n) is 4.66. The summed E-state index contributed by atoms with van der Waals surface area (Å²) < 4.78 is 12.8. The molecule has 1 fully saturated rings. The van der Waals surface area contributed by atoms with E-state index < -0.39 is 0 Å². The molecule has 17 heavy (non-hydrogen) atoms. The normalized spacial score (nSPS) is 23.6. The van der Waals surface area contributed by atoms with Crippen LogP contribution in [0.1, 0.15) is 12.5 Å². The van der Waals surface area contributed by atoms with E-state index >= 15 is 0 Å². The second kappa shape index (κ2) is 5.58. The number of rotatable bonds is 3. The highest BCUT2D eigenvalue weighted by molar-refractivity contribution is 5.16. The molecule has 1 aliphatic rings. The summed E-state index contributed by atoms with van der Waals surface area (Å²) in [5.74, 6) is -0.198. The molecule has 0 saturated carbocycles. The molecule has 1 saturated heterocycles. The largest absolute Gasteiger partial charge is 0.392 e. The van der Waals surface area contributed by atoms with Crippen LogP contribution in [0.4, 0.5) is 4.39 Å². The Bertz CT molecular complexity index is 353. The maximum atomic E-state index is 12.8. The van der Waals surface area contributed by atoms with E-state index in [1.54, 1.807) is 6.92 Å². The van der Waals surface area contributed by atoms with Gasteiger partial charge < -0.3 is 10.4 Å². The van der Waals surface area contributed by atoms with Crippen molar-refractivity contribution in [3.8, 4) is 0 Å². The molecule has 0 radical (unpaired) electrons. The third-order valence-electron chi connectivity index (χ3n) is 3.19. The minimum Gasteiger partial charge on any atom is -0.392 e. The van der Waals surface area contributed by atoms with E-state index in [1.807, 2.05) is 12.1 Å². The molecule has 1 heterocycles. The number of halogens is 1. The maximum Gasteiger partial charge on any atom is 0.123 e. The average Bonchev–Trinajstić information content (AvgIpc) is 2.32. The predicted octanol–water partition coefficient (Wildman–Crippen LogP) is 0.980. The maximum absolute atomic E-state index is 12.8. The summed E-state index contributed by atoms with van der Waals surface area (Å²) in [4.78, 5) is 2.28. The van der Waals surface area contributed by atoms with Gasteiger partial charge in [0.05, 0.1) is 6.10 Å². The molecule has 0 bridgehead atoms. The Morgan fingerprint density at radius 1 is 1.47 bits per heavy atom. The van der Waals surface area contributed by atoms with Crippen molar-refractivity contribution in [3.05, 3.63) is 35.6 Å². The minimum absolute atomic E-state index is 0.129. The number of aliphatic hydroxyl groups is 1. The molecule has 1 unspecified atom stereocenters. The Kier molecular flexibility index (Phi) is 4.10.